The fourth-order valence-electron chi connectivity index (χ4n) is 2.24. The Hall–Kier alpha value is -3.00. The van der Waals surface area contributed by atoms with Gasteiger partial charge in [0.05, 0.1) is 19.0 Å². The third-order valence-corrected chi connectivity index (χ3v) is 4.33. The van der Waals surface area contributed by atoms with Crippen LogP contribution >= 0.6 is 11.3 Å². The van der Waals surface area contributed by atoms with Gasteiger partial charge in [-0.3, -0.25) is 4.98 Å². The van der Waals surface area contributed by atoms with E-state index in [-0.39, 0.29) is 0 Å². The first-order chi connectivity index (χ1) is 11.8. The highest BCUT2D eigenvalue weighted by atomic mass is 32.1. The van der Waals surface area contributed by atoms with E-state index in [1.54, 1.807) is 24.0 Å². The summed E-state index contributed by atoms with van der Waals surface area (Å²) in [7, 11) is 1.60. The smallest absolute Gasteiger partial charge is 0.214 e. The van der Waals surface area contributed by atoms with E-state index in [1.165, 1.54) is 11.3 Å². The van der Waals surface area contributed by atoms with Crippen LogP contribution in [-0.4, -0.2) is 31.7 Å². The second-order valence-corrected chi connectivity index (χ2v) is 6.02. The number of hydrogen-bond acceptors (Lipinski definition) is 7. The van der Waals surface area contributed by atoms with Crippen LogP contribution in [0.25, 0.3) is 16.2 Å². The van der Waals surface area contributed by atoms with Crippen molar-refractivity contribution in [1.29, 1.82) is 0 Å². The molecule has 0 aliphatic carbocycles. The van der Waals surface area contributed by atoms with Crippen LogP contribution in [0.15, 0.2) is 49.1 Å². The maximum Gasteiger partial charge on any atom is 0.214 e. The average Bonchev–Trinajstić information content (AvgIpc) is 3.19. The predicted octanol–water partition coefficient (Wildman–Crippen LogP) is 2.87. The van der Waals surface area contributed by atoms with Crippen molar-refractivity contribution in [2.24, 2.45) is 0 Å². The van der Waals surface area contributed by atoms with Crippen molar-refractivity contribution < 1.29 is 4.74 Å². The first-order valence-electron chi connectivity index (χ1n) is 7.31. The zero-order valence-electron chi connectivity index (χ0n) is 12.9. The van der Waals surface area contributed by atoms with Crippen molar-refractivity contribution in [3.05, 3.63) is 54.6 Å². The number of aromatic nitrogens is 5. The number of rotatable bonds is 5. The molecule has 0 spiro atoms. The van der Waals surface area contributed by atoms with Gasteiger partial charge in [0, 0.05) is 36.8 Å². The topological polar surface area (TPSA) is 77.2 Å². The van der Waals surface area contributed by atoms with Crippen LogP contribution in [0.1, 0.15) is 5.56 Å². The monoisotopic (exact) mass is 338 g/mol. The minimum absolute atomic E-state index is 0.583. The maximum atomic E-state index is 5.07. The standard InChI is InChI=1S/C16H14N6OS/c1-23-14-5-4-12(9-18-14)13-10-22-16(20-13)24-15(21-22)19-8-11-3-2-6-17-7-11/h2-7,9-10H,8H2,1H3,(H,19,21). The number of methoxy groups -OCH3 is 1. The van der Waals surface area contributed by atoms with Crippen molar-refractivity contribution in [2.75, 3.05) is 12.4 Å². The Morgan fingerprint density at radius 1 is 1.25 bits per heavy atom. The Labute approximate surface area is 142 Å². The molecule has 0 aromatic carbocycles. The maximum absolute atomic E-state index is 5.07. The van der Waals surface area contributed by atoms with E-state index in [2.05, 4.69) is 25.4 Å². The molecule has 4 aromatic heterocycles. The molecule has 0 amide bonds. The molecule has 8 heteroatoms. The van der Waals surface area contributed by atoms with Crippen molar-refractivity contribution in [2.45, 2.75) is 6.54 Å². The molecule has 0 bridgehead atoms. The number of pyridine rings is 2. The molecule has 0 fully saturated rings. The van der Waals surface area contributed by atoms with Gasteiger partial charge in [0.1, 0.15) is 0 Å². The molecule has 24 heavy (non-hydrogen) atoms. The van der Waals surface area contributed by atoms with Crippen molar-refractivity contribution >= 4 is 21.4 Å². The van der Waals surface area contributed by atoms with Gasteiger partial charge in [0.25, 0.3) is 0 Å². The van der Waals surface area contributed by atoms with Crippen LogP contribution < -0.4 is 10.1 Å². The molecule has 7 nitrogen and oxygen atoms in total. The van der Waals surface area contributed by atoms with Gasteiger partial charge in [-0.2, -0.15) is 0 Å². The van der Waals surface area contributed by atoms with E-state index in [0.29, 0.717) is 12.4 Å². The normalized spacial score (nSPS) is 10.9. The summed E-state index contributed by atoms with van der Waals surface area (Å²) in [5, 5.41) is 8.61. The molecule has 0 aliphatic rings. The number of nitrogens with one attached hydrogen (secondary N) is 1. The summed E-state index contributed by atoms with van der Waals surface area (Å²) >= 11 is 1.50. The molecular weight excluding hydrogens is 324 g/mol. The number of ether oxygens (including phenoxy) is 1. The summed E-state index contributed by atoms with van der Waals surface area (Å²) in [6, 6.07) is 7.69. The Morgan fingerprint density at radius 3 is 2.92 bits per heavy atom. The number of hydrogen-bond donors (Lipinski definition) is 1. The number of anilines is 1. The Balaban J connectivity index is 1.51. The average molecular weight is 338 g/mol. The summed E-state index contributed by atoms with van der Waals surface area (Å²) in [5.41, 5.74) is 2.87. The Bertz CT molecular complexity index is 916. The zero-order chi connectivity index (χ0) is 16.4. The molecule has 0 atom stereocenters. The lowest BCUT2D eigenvalue weighted by Crippen LogP contribution is -1.99. The third-order valence-electron chi connectivity index (χ3n) is 3.45. The van der Waals surface area contributed by atoms with Crippen LogP contribution in [0.4, 0.5) is 5.13 Å². The summed E-state index contributed by atoms with van der Waals surface area (Å²) in [6.07, 6.45) is 7.23. The lowest BCUT2D eigenvalue weighted by atomic mass is 10.2. The first-order valence-corrected chi connectivity index (χ1v) is 8.13. The highest BCUT2D eigenvalue weighted by Gasteiger charge is 2.10. The van der Waals surface area contributed by atoms with Gasteiger partial charge in [-0.1, -0.05) is 17.4 Å². The van der Waals surface area contributed by atoms with Crippen molar-refractivity contribution in [3.63, 3.8) is 0 Å². The van der Waals surface area contributed by atoms with E-state index in [1.807, 2.05) is 36.7 Å². The minimum atomic E-state index is 0.583. The summed E-state index contributed by atoms with van der Waals surface area (Å²) in [5.74, 6) is 0.583. The van der Waals surface area contributed by atoms with Gasteiger partial charge in [0.2, 0.25) is 16.0 Å². The molecule has 4 rings (SSSR count). The second-order valence-electron chi connectivity index (χ2n) is 5.06. The van der Waals surface area contributed by atoms with E-state index >= 15 is 0 Å². The molecule has 4 aromatic rings. The number of nitrogens with zero attached hydrogens (tertiary/aromatic N) is 5. The van der Waals surface area contributed by atoms with Crippen LogP contribution in [-0.2, 0) is 6.54 Å². The van der Waals surface area contributed by atoms with Crippen molar-refractivity contribution in [1.82, 2.24) is 24.6 Å². The largest absolute Gasteiger partial charge is 0.481 e. The summed E-state index contributed by atoms with van der Waals surface area (Å²) < 4.78 is 6.84. The van der Waals surface area contributed by atoms with E-state index in [0.717, 1.165) is 26.9 Å². The fourth-order valence-corrected chi connectivity index (χ4v) is 3.02. The first kappa shape index (κ1) is 14.6. The Morgan fingerprint density at radius 2 is 2.21 bits per heavy atom. The summed E-state index contributed by atoms with van der Waals surface area (Å²) in [4.78, 5) is 13.7. The molecule has 0 saturated heterocycles. The third kappa shape index (κ3) is 2.91. The van der Waals surface area contributed by atoms with Crippen LogP contribution in [0.5, 0.6) is 5.88 Å². The van der Waals surface area contributed by atoms with E-state index in [9.17, 15) is 0 Å². The molecule has 4 heterocycles. The zero-order valence-corrected chi connectivity index (χ0v) is 13.7. The lowest BCUT2D eigenvalue weighted by Gasteiger charge is -2.01. The molecule has 0 radical (unpaired) electrons. The number of imidazole rings is 1. The van der Waals surface area contributed by atoms with Gasteiger partial charge < -0.3 is 10.1 Å². The molecule has 1 N–H and O–H groups in total. The van der Waals surface area contributed by atoms with Crippen LogP contribution in [0.3, 0.4) is 0 Å². The van der Waals surface area contributed by atoms with Crippen LogP contribution in [0, 0.1) is 0 Å². The van der Waals surface area contributed by atoms with Crippen LogP contribution in [0.2, 0.25) is 0 Å². The van der Waals surface area contributed by atoms with Gasteiger partial charge in [-0.25, -0.2) is 14.5 Å². The highest BCUT2D eigenvalue weighted by Crippen LogP contribution is 2.25. The van der Waals surface area contributed by atoms with E-state index < -0.39 is 0 Å². The minimum Gasteiger partial charge on any atom is -0.481 e. The Kier molecular flexibility index (Phi) is 3.80. The fraction of sp³-hybridized carbons (Fsp3) is 0.125. The van der Waals surface area contributed by atoms with Gasteiger partial charge in [-0.05, 0) is 17.7 Å². The highest BCUT2D eigenvalue weighted by molar-refractivity contribution is 7.20. The summed E-state index contributed by atoms with van der Waals surface area (Å²) in [6.45, 7) is 0.680. The molecule has 0 saturated carbocycles. The number of fused-ring (bicyclic) bond motifs is 1. The second kappa shape index (κ2) is 6.25. The predicted molar refractivity (Wildman–Crippen MR) is 92.2 cm³/mol. The molecular formula is C16H14N6OS. The van der Waals surface area contributed by atoms with Gasteiger partial charge >= 0.3 is 0 Å². The molecule has 0 unspecified atom stereocenters. The van der Waals surface area contributed by atoms with E-state index in [4.69, 9.17) is 4.74 Å². The molecule has 120 valence electrons. The van der Waals surface area contributed by atoms with Crippen molar-refractivity contribution in [3.8, 4) is 17.1 Å². The molecule has 0 aliphatic heterocycles. The quantitative estimate of drug-likeness (QED) is 0.603. The SMILES string of the molecule is COc1ccc(-c2cn3nc(NCc4cccnc4)sc3n2)cn1. The lowest BCUT2D eigenvalue weighted by molar-refractivity contribution is 0.398. The van der Waals surface area contributed by atoms with Gasteiger partial charge in [-0.15, -0.1) is 5.10 Å². The van der Waals surface area contributed by atoms with Gasteiger partial charge in [0.15, 0.2) is 0 Å².